The number of fused-ring (bicyclic) bond motifs is 1. The summed E-state index contributed by atoms with van der Waals surface area (Å²) in [6.45, 7) is 3.67. The molecule has 0 unspecified atom stereocenters. The predicted octanol–water partition coefficient (Wildman–Crippen LogP) is 4.39. The predicted molar refractivity (Wildman–Crippen MR) is 93.3 cm³/mol. The molecule has 3 rings (SSSR count). The summed E-state index contributed by atoms with van der Waals surface area (Å²) in [6.07, 6.45) is 1.15. The molecule has 0 fully saturated rings. The number of hydrogen-bond donors (Lipinski definition) is 1. The number of halogens is 1. The first-order valence-electron chi connectivity index (χ1n) is 7.24. The van der Waals surface area contributed by atoms with Gasteiger partial charge in [0, 0.05) is 29.9 Å². The molecule has 0 saturated carbocycles. The minimum Gasteiger partial charge on any atom is -0.482 e. The molecule has 124 valence electrons. The maximum absolute atomic E-state index is 13.2. The molecule has 1 aliphatic heterocycles. The number of benzene rings is 1. The van der Waals surface area contributed by atoms with E-state index >= 15 is 0 Å². The molecule has 2 aromatic rings. The Bertz CT molecular complexity index is 833. The van der Waals surface area contributed by atoms with E-state index < -0.39 is 11.4 Å². The molecule has 0 amide bonds. The van der Waals surface area contributed by atoms with Gasteiger partial charge in [0.25, 0.3) is 0 Å². The van der Waals surface area contributed by atoms with Crippen LogP contribution in [0.15, 0.2) is 42.1 Å². The van der Waals surface area contributed by atoms with Gasteiger partial charge in [0.15, 0.2) is 0 Å². The van der Waals surface area contributed by atoms with Crippen LogP contribution in [-0.4, -0.2) is 17.6 Å². The third-order valence-corrected chi connectivity index (χ3v) is 3.85. The number of ether oxygens (including phenoxy) is 1. The Morgan fingerprint density at radius 3 is 2.58 bits per heavy atom. The summed E-state index contributed by atoms with van der Waals surface area (Å²) in [6, 6.07) is 10.8. The molecule has 1 aromatic heterocycles. The number of nitrogens with zero attached hydrogens (tertiary/aromatic N) is 2. The quantitative estimate of drug-likeness (QED) is 0.889. The van der Waals surface area contributed by atoms with E-state index in [0.717, 1.165) is 17.4 Å². The van der Waals surface area contributed by atoms with E-state index in [9.17, 15) is 9.65 Å². The van der Waals surface area contributed by atoms with Gasteiger partial charge in [0.2, 0.25) is 0 Å². The maximum Gasteiger partial charge on any atom is 0.141 e. The Kier molecular flexibility index (Phi) is 4.61. The van der Waals surface area contributed by atoms with E-state index in [1.165, 1.54) is 6.07 Å². The van der Waals surface area contributed by atoms with Gasteiger partial charge in [-0.15, -0.1) is 0 Å². The second-order valence-corrected chi connectivity index (χ2v) is 5.80. The third kappa shape index (κ3) is 2.83. The number of pyridine rings is 1. The monoisotopic (exact) mass is 325 g/mol. The van der Waals surface area contributed by atoms with Crippen molar-refractivity contribution in [2.24, 2.45) is 0 Å². The fourth-order valence-electron chi connectivity index (χ4n) is 2.71. The zero-order chi connectivity index (χ0) is 16.6. The van der Waals surface area contributed by atoms with Gasteiger partial charge >= 0.3 is 0 Å². The highest BCUT2D eigenvalue weighted by molar-refractivity contribution is 5.88. The fourth-order valence-corrected chi connectivity index (χ4v) is 2.71. The van der Waals surface area contributed by atoms with Crippen molar-refractivity contribution in [1.82, 2.24) is 4.98 Å². The van der Waals surface area contributed by atoms with Crippen molar-refractivity contribution in [2.75, 3.05) is 12.4 Å². The highest BCUT2D eigenvalue weighted by Crippen LogP contribution is 2.44. The van der Waals surface area contributed by atoms with E-state index in [-0.39, 0.29) is 7.43 Å². The highest BCUT2D eigenvalue weighted by Gasteiger charge is 2.36. The molecular formula is C19H20FN3O. The van der Waals surface area contributed by atoms with Gasteiger partial charge in [0.05, 0.1) is 23.5 Å². The number of nitrogens with one attached hydrogen (secondary N) is 1. The van der Waals surface area contributed by atoms with Crippen LogP contribution in [0.4, 0.5) is 10.1 Å². The molecule has 0 radical (unpaired) electrons. The minimum atomic E-state index is -0.792. The minimum absolute atomic E-state index is 0. The second-order valence-electron chi connectivity index (χ2n) is 5.80. The molecular weight excluding hydrogens is 305 g/mol. The number of aromatic nitrogens is 1. The smallest absolute Gasteiger partial charge is 0.141 e. The van der Waals surface area contributed by atoms with Crippen LogP contribution in [-0.2, 0) is 0 Å². The Balaban J connectivity index is 0.00000208. The van der Waals surface area contributed by atoms with E-state index in [4.69, 9.17) is 4.74 Å². The largest absolute Gasteiger partial charge is 0.482 e. The van der Waals surface area contributed by atoms with Crippen LogP contribution < -0.4 is 10.1 Å². The topological polar surface area (TPSA) is 57.9 Å². The van der Waals surface area contributed by atoms with Gasteiger partial charge in [-0.1, -0.05) is 7.43 Å². The molecule has 5 heteroatoms. The normalized spacial score (nSPS) is 14.8. The van der Waals surface area contributed by atoms with Gasteiger partial charge < -0.3 is 10.1 Å². The van der Waals surface area contributed by atoms with Crippen LogP contribution in [0.3, 0.4) is 0 Å². The average Bonchev–Trinajstić information content (AvgIpc) is 2.53. The van der Waals surface area contributed by atoms with Gasteiger partial charge in [-0.2, -0.15) is 5.26 Å². The number of anilines is 1. The summed E-state index contributed by atoms with van der Waals surface area (Å²) in [5.41, 5.74) is 2.60. The van der Waals surface area contributed by atoms with Crippen molar-refractivity contribution < 1.29 is 9.13 Å². The van der Waals surface area contributed by atoms with Crippen molar-refractivity contribution in [3.8, 4) is 11.8 Å². The molecule has 1 aromatic carbocycles. The Morgan fingerprint density at radius 1 is 1.25 bits per heavy atom. The third-order valence-electron chi connectivity index (χ3n) is 3.85. The van der Waals surface area contributed by atoms with E-state index in [2.05, 4.69) is 16.4 Å². The van der Waals surface area contributed by atoms with E-state index in [0.29, 0.717) is 22.6 Å². The Hall–Kier alpha value is -2.87. The Morgan fingerprint density at radius 2 is 2.00 bits per heavy atom. The van der Waals surface area contributed by atoms with Crippen molar-refractivity contribution in [1.29, 1.82) is 5.26 Å². The van der Waals surface area contributed by atoms with Crippen LogP contribution in [0.25, 0.3) is 5.57 Å². The van der Waals surface area contributed by atoms with E-state index in [1.54, 1.807) is 6.07 Å². The first-order chi connectivity index (χ1) is 11.0. The molecule has 1 aliphatic rings. The number of hydrogen-bond acceptors (Lipinski definition) is 4. The van der Waals surface area contributed by atoms with Crippen LogP contribution >= 0.6 is 0 Å². The fraction of sp³-hybridized carbons (Fsp3) is 0.263. The van der Waals surface area contributed by atoms with Crippen molar-refractivity contribution in [2.45, 2.75) is 26.9 Å². The first kappa shape index (κ1) is 17.5. The van der Waals surface area contributed by atoms with Crippen molar-refractivity contribution >= 4 is 11.3 Å². The lowest BCUT2D eigenvalue weighted by Gasteiger charge is -2.34. The zero-order valence-electron chi connectivity index (χ0n) is 13.1. The molecule has 0 saturated heterocycles. The van der Waals surface area contributed by atoms with Crippen molar-refractivity contribution in [3.63, 3.8) is 0 Å². The SMILES string of the molecule is C.CNc1ccc2c(c1)OC(C)(C)C(C#N)=C2c1ccc(F)cn1. The van der Waals surface area contributed by atoms with Crippen LogP contribution in [0, 0.1) is 17.1 Å². The second kappa shape index (κ2) is 6.32. The van der Waals surface area contributed by atoms with Crippen LogP contribution in [0.5, 0.6) is 5.75 Å². The molecule has 4 nitrogen and oxygen atoms in total. The summed E-state index contributed by atoms with van der Waals surface area (Å²) < 4.78 is 19.2. The number of rotatable bonds is 2. The molecule has 0 bridgehead atoms. The maximum atomic E-state index is 13.2. The summed E-state index contributed by atoms with van der Waals surface area (Å²) in [7, 11) is 1.83. The summed E-state index contributed by atoms with van der Waals surface area (Å²) >= 11 is 0. The zero-order valence-corrected chi connectivity index (χ0v) is 13.1. The van der Waals surface area contributed by atoms with Gasteiger partial charge in [-0.3, -0.25) is 4.98 Å². The lowest BCUT2D eigenvalue weighted by atomic mass is 9.85. The lowest BCUT2D eigenvalue weighted by molar-refractivity contribution is 0.149. The van der Waals surface area contributed by atoms with Crippen molar-refractivity contribution in [3.05, 3.63) is 59.2 Å². The molecule has 24 heavy (non-hydrogen) atoms. The van der Waals surface area contributed by atoms with Gasteiger partial charge in [0.1, 0.15) is 17.2 Å². The molecule has 1 N–H and O–H groups in total. The van der Waals surface area contributed by atoms with Crippen LogP contribution in [0.1, 0.15) is 32.5 Å². The lowest BCUT2D eigenvalue weighted by Crippen LogP contribution is -2.34. The number of nitriles is 1. The van der Waals surface area contributed by atoms with Crippen LogP contribution in [0.2, 0.25) is 0 Å². The van der Waals surface area contributed by atoms with Gasteiger partial charge in [-0.25, -0.2) is 4.39 Å². The standard InChI is InChI=1S/C18H16FN3O.CH4/c1-18(2)14(9-20)17(15-7-4-11(19)10-22-15)13-6-5-12(21-3)8-16(13)23-18;/h4-8,10,21H,1-3H3;1H4. The molecule has 0 atom stereocenters. The summed E-state index contributed by atoms with van der Waals surface area (Å²) in [5, 5.41) is 12.7. The molecule has 0 spiro atoms. The highest BCUT2D eigenvalue weighted by atomic mass is 19.1. The summed E-state index contributed by atoms with van der Waals surface area (Å²) in [4.78, 5) is 4.15. The van der Waals surface area contributed by atoms with Gasteiger partial charge in [-0.05, 0) is 38.1 Å². The average molecular weight is 325 g/mol. The summed E-state index contributed by atoms with van der Waals surface area (Å²) in [5.74, 6) is 0.256. The van der Waals surface area contributed by atoms with E-state index in [1.807, 2.05) is 39.1 Å². The molecule has 0 aliphatic carbocycles. The molecule has 2 heterocycles. The first-order valence-corrected chi connectivity index (χ1v) is 7.24. The Labute approximate surface area is 141 Å².